The van der Waals surface area contributed by atoms with Gasteiger partial charge >= 0.3 is 0 Å². The van der Waals surface area contributed by atoms with Crippen molar-refractivity contribution >= 4 is 17.5 Å². The van der Waals surface area contributed by atoms with Gasteiger partial charge in [0.2, 0.25) is 5.91 Å². The van der Waals surface area contributed by atoms with Crippen LogP contribution in [-0.2, 0) is 11.2 Å². The van der Waals surface area contributed by atoms with Crippen LogP contribution >= 0.6 is 11.6 Å². The summed E-state index contributed by atoms with van der Waals surface area (Å²) in [5.74, 6) is 1.11. The molecule has 4 aliphatic rings. The Kier molecular flexibility index (Phi) is 4.79. The molecule has 2 bridgehead atoms. The van der Waals surface area contributed by atoms with Crippen molar-refractivity contribution in [2.24, 2.45) is 5.92 Å². The first-order chi connectivity index (χ1) is 11.7. The van der Waals surface area contributed by atoms with Gasteiger partial charge in [-0.15, -0.1) is 0 Å². The number of carbonyl (C=O) groups excluding carboxylic acids is 1. The van der Waals surface area contributed by atoms with E-state index in [0.29, 0.717) is 11.4 Å². The molecule has 24 heavy (non-hydrogen) atoms. The van der Waals surface area contributed by atoms with Gasteiger partial charge in [0.25, 0.3) is 0 Å². The molecule has 4 aliphatic heterocycles. The Bertz CT molecular complexity index is 592. The van der Waals surface area contributed by atoms with Gasteiger partial charge in [-0.1, -0.05) is 23.7 Å². The highest BCUT2D eigenvalue weighted by Gasteiger charge is 2.38. The molecule has 5 heteroatoms. The molecule has 0 aliphatic carbocycles. The van der Waals surface area contributed by atoms with Crippen molar-refractivity contribution < 1.29 is 4.79 Å². The first-order valence-electron chi connectivity index (χ1n) is 9.18. The molecule has 0 aromatic heterocycles. The van der Waals surface area contributed by atoms with Crippen LogP contribution in [0.3, 0.4) is 0 Å². The van der Waals surface area contributed by atoms with E-state index in [-0.39, 0.29) is 5.91 Å². The standard InChI is InChI=1S/C19H26ClN3O/c20-17-3-1-2-15(12-17)13-19(24)23-10-8-22(9-11-23)18-14-21-6-4-16(18)5-7-21/h1-3,12,16,18H,4-11,13-14H2/t18-/m1/s1. The predicted octanol–water partition coefficient (Wildman–Crippen LogP) is 2.12. The average molecular weight is 348 g/mol. The SMILES string of the molecule is O=C(Cc1cccc(Cl)c1)N1CCN([C@@H]2CN3CCC2CC3)CC1. The van der Waals surface area contributed by atoms with Crippen LogP contribution in [0.25, 0.3) is 0 Å². The summed E-state index contributed by atoms with van der Waals surface area (Å²) in [5.41, 5.74) is 1.01. The summed E-state index contributed by atoms with van der Waals surface area (Å²) in [6.07, 6.45) is 3.18. The lowest BCUT2D eigenvalue weighted by Gasteiger charge is -2.51. The molecule has 4 fully saturated rings. The van der Waals surface area contributed by atoms with E-state index >= 15 is 0 Å². The zero-order valence-electron chi connectivity index (χ0n) is 14.2. The lowest BCUT2D eigenvalue weighted by atomic mass is 9.83. The topological polar surface area (TPSA) is 26.8 Å². The monoisotopic (exact) mass is 347 g/mol. The quantitative estimate of drug-likeness (QED) is 0.838. The molecule has 4 heterocycles. The Balaban J connectivity index is 1.30. The van der Waals surface area contributed by atoms with E-state index < -0.39 is 0 Å². The molecule has 0 radical (unpaired) electrons. The maximum absolute atomic E-state index is 12.5. The Morgan fingerprint density at radius 1 is 1.08 bits per heavy atom. The number of carbonyl (C=O) groups is 1. The maximum atomic E-state index is 12.5. The second-order valence-corrected chi connectivity index (χ2v) is 7.87. The molecule has 0 spiro atoms. The summed E-state index contributed by atoms with van der Waals surface area (Å²) >= 11 is 6.01. The molecule has 5 rings (SSSR count). The first-order valence-corrected chi connectivity index (χ1v) is 9.55. The highest BCUT2D eigenvalue weighted by atomic mass is 35.5. The van der Waals surface area contributed by atoms with Crippen molar-refractivity contribution in [1.82, 2.24) is 14.7 Å². The molecule has 4 nitrogen and oxygen atoms in total. The van der Waals surface area contributed by atoms with E-state index in [0.717, 1.165) is 43.7 Å². The van der Waals surface area contributed by atoms with Gasteiger partial charge < -0.3 is 9.80 Å². The number of hydrogen-bond donors (Lipinski definition) is 0. The fourth-order valence-corrected chi connectivity index (χ4v) is 4.80. The third-order valence-corrected chi connectivity index (χ3v) is 6.24. The van der Waals surface area contributed by atoms with Crippen LogP contribution < -0.4 is 0 Å². The van der Waals surface area contributed by atoms with E-state index in [1.165, 1.54) is 32.5 Å². The Morgan fingerprint density at radius 2 is 1.83 bits per heavy atom. The molecule has 4 saturated heterocycles. The Morgan fingerprint density at radius 3 is 2.46 bits per heavy atom. The average Bonchev–Trinajstić information content (AvgIpc) is 2.63. The van der Waals surface area contributed by atoms with Gasteiger partial charge in [-0.2, -0.15) is 0 Å². The zero-order chi connectivity index (χ0) is 16.5. The van der Waals surface area contributed by atoms with E-state index in [2.05, 4.69) is 9.80 Å². The lowest BCUT2D eigenvalue weighted by molar-refractivity contribution is -0.133. The van der Waals surface area contributed by atoms with Gasteiger partial charge in [0.1, 0.15) is 0 Å². The smallest absolute Gasteiger partial charge is 0.227 e. The molecule has 1 amide bonds. The van der Waals surface area contributed by atoms with Crippen molar-refractivity contribution in [1.29, 1.82) is 0 Å². The Labute approximate surface area is 149 Å². The van der Waals surface area contributed by atoms with Crippen LogP contribution in [0.4, 0.5) is 0 Å². The van der Waals surface area contributed by atoms with Crippen molar-refractivity contribution in [3.05, 3.63) is 34.9 Å². The minimum atomic E-state index is 0.228. The van der Waals surface area contributed by atoms with Gasteiger partial charge in [0, 0.05) is 43.8 Å². The van der Waals surface area contributed by atoms with Crippen LogP contribution in [0.5, 0.6) is 0 Å². The summed E-state index contributed by atoms with van der Waals surface area (Å²) < 4.78 is 0. The van der Waals surface area contributed by atoms with E-state index in [1.807, 2.05) is 29.2 Å². The number of piperazine rings is 1. The fraction of sp³-hybridized carbons (Fsp3) is 0.632. The molecule has 1 aromatic rings. The minimum absolute atomic E-state index is 0.228. The minimum Gasteiger partial charge on any atom is -0.340 e. The van der Waals surface area contributed by atoms with Crippen molar-refractivity contribution in [2.75, 3.05) is 45.8 Å². The van der Waals surface area contributed by atoms with Crippen LogP contribution in [-0.4, -0.2) is 72.5 Å². The van der Waals surface area contributed by atoms with Gasteiger partial charge in [0.15, 0.2) is 0 Å². The zero-order valence-corrected chi connectivity index (χ0v) is 14.9. The van der Waals surface area contributed by atoms with E-state index in [4.69, 9.17) is 11.6 Å². The van der Waals surface area contributed by atoms with Crippen LogP contribution in [0.1, 0.15) is 18.4 Å². The highest BCUT2D eigenvalue weighted by Crippen LogP contribution is 2.31. The Hall–Kier alpha value is -1.10. The number of piperidine rings is 3. The van der Waals surface area contributed by atoms with E-state index in [1.54, 1.807) is 0 Å². The maximum Gasteiger partial charge on any atom is 0.227 e. The summed E-state index contributed by atoms with van der Waals surface area (Å²) in [6.45, 7) is 7.59. The third kappa shape index (κ3) is 3.46. The second kappa shape index (κ2) is 7.03. The van der Waals surface area contributed by atoms with Gasteiger partial charge in [-0.25, -0.2) is 0 Å². The van der Waals surface area contributed by atoms with Gasteiger partial charge in [-0.05, 0) is 49.5 Å². The second-order valence-electron chi connectivity index (χ2n) is 7.43. The summed E-state index contributed by atoms with van der Waals surface area (Å²) in [5, 5.41) is 0.701. The van der Waals surface area contributed by atoms with Crippen LogP contribution in [0.2, 0.25) is 5.02 Å². The van der Waals surface area contributed by atoms with Crippen molar-refractivity contribution in [3.8, 4) is 0 Å². The molecule has 1 atom stereocenters. The summed E-state index contributed by atoms with van der Waals surface area (Å²) in [6, 6.07) is 8.35. The van der Waals surface area contributed by atoms with Crippen molar-refractivity contribution in [3.63, 3.8) is 0 Å². The number of hydrogen-bond acceptors (Lipinski definition) is 3. The van der Waals surface area contributed by atoms with Crippen LogP contribution in [0, 0.1) is 5.92 Å². The molecule has 0 saturated carbocycles. The van der Waals surface area contributed by atoms with Gasteiger partial charge in [0.05, 0.1) is 6.42 Å². The molecular weight excluding hydrogens is 322 g/mol. The summed E-state index contributed by atoms with van der Waals surface area (Å²) in [4.78, 5) is 19.8. The first kappa shape index (κ1) is 16.4. The molecule has 0 unspecified atom stereocenters. The fourth-order valence-electron chi connectivity index (χ4n) is 4.58. The largest absolute Gasteiger partial charge is 0.340 e. The van der Waals surface area contributed by atoms with Gasteiger partial charge in [-0.3, -0.25) is 9.69 Å². The number of fused-ring (bicyclic) bond motifs is 3. The molecule has 0 N–H and O–H groups in total. The third-order valence-electron chi connectivity index (χ3n) is 6.00. The van der Waals surface area contributed by atoms with E-state index in [9.17, 15) is 4.79 Å². The number of benzene rings is 1. The highest BCUT2D eigenvalue weighted by molar-refractivity contribution is 6.30. The normalized spacial score (nSPS) is 30.5. The number of nitrogens with zero attached hydrogens (tertiary/aromatic N) is 3. The number of amides is 1. The number of halogens is 1. The molecular formula is C19H26ClN3O. The van der Waals surface area contributed by atoms with Crippen molar-refractivity contribution in [2.45, 2.75) is 25.3 Å². The molecule has 130 valence electrons. The molecule has 1 aromatic carbocycles. The van der Waals surface area contributed by atoms with Crippen LogP contribution in [0.15, 0.2) is 24.3 Å². The predicted molar refractivity (Wildman–Crippen MR) is 96.3 cm³/mol. The number of rotatable bonds is 3. The summed E-state index contributed by atoms with van der Waals surface area (Å²) in [7, 11) is 0. The lowest BCUT2D eigenvalue weighted by Crippen LogP contribution is -2.61.